The lowest BCUT2D eigenvalue weighted by Crippen LogP contribution is -2.34. The first-order valence-electron chi connectivity index (χ1n) is 6.87. The normalized spacial score (nSPS) is 21.8. The average molecular weight is 288 g/mol. The zero-order valence-electron chi connectivity index (χ0n) is 11.4. The van der Waals surface area contributed by atoms with Gasteiger partial charge in [-0.2, -0.15) is 0 Å². The number of fused-ring (bicyclic) bond motifs is 1. The third-order valence-electron chi connectivity index (χ3n) is 3.73. The molecule has 1 aliphatic heterocycles. The maximum absolute atomic E-state index is 12.2. The zero-order chi connectivity index (χ0) is 14.8. The van der Waals surface area contributed by atoms with Crippen LogP contribution in [0.15, 0.2) is 29.6 Å². The molecule has 7 heteroatoms. The van der Waals surface area contributed by atoms with Crippen LogP contribution in [0.1, 0.15) is 12.8 Å². The van der Waals surface area contributed by atoms with Gasteiger partial charge in [0.05, 0.1) is 29.9 Å². The van der Waals surface area contributed by atoms with Gasteiger partial charge in [0.1, 0.15) is 0 Å². The monoisotopic (exact) mass is 288 g/mol. The molecule has 2 aromatic rings. The van der Waals surface area contributed by atoms with Crippen molar-refractivity contribution in [2.45, 2.75) is 31.5 Å². The van der Waals surface area contributed by atoms with Crippen molar-refractivity contribution in [1.29, 1.82) is 0 Å². The fourth-order valence-electron chi connectivity index (χ4n) is 2.58. The van der Waals surface area contributed by atoms with E-state index in [2.05, 4.69) is 15.3 Å². The van der Waals surface area contributed by atoms with Crippen LogP contribution in [-0.4, -0.2) is 44.1 Å². The maximum Gasteiger partial charge on any atom is 0.263 e. The number of Topliss-reactive ketones (excluding diaryl/α,β-unsaturated/α-hetero) is 1. The van der Waals surface area contributed by atoms with Gasteiger partial charge in [0.25, 0.3) is 5.56 Å². The van der Waals surface area contributed by atoms with Crippen molar-refractivity contribution in [3.63, 3.8) is 0 Å². The van der Waals surface area contributed by atoms with Crippen molar-refractivity contribution >= 4 is 16.7 Å². The number of aliphatic hydroxyl groups excluding tert-OH is 1. The van der Waals surface area contributed by atoms with E-state index in [1.807, 2.05) is 0 Å². The van der Waals surface area contributed by atoms with E-state index in [9.17, 15) is 14.7 Å². The molecule has 110 valence electrons. The van der Waals surface area contributed by atoms with Crippen LogP contribution in [0.25, 0.3) is 10.9 Å². The second-order valence-corrected chi connectivity index (χ2v) is 5.23. The van der Waals surface area contributed by atoms with Gasteiger partial charge in [0, 0.05) is 24.9 Å². The summed E-state index contributed by atoms with van der Waals surface area (Å²) in [5.41, 5.74) is 0.285. The number of nitrogens with zero attached hydrogens (tertiary/aromatic N) is 3. The predicted molar refractivity (Wildman–Crippen MR) is 75.8 cm³/mol. The summed E-state index contributed by atoms with van der Waals surface area (Å²) in [4.78, 5) is 32.3. The van der Waals surface area contributed by atoms with Gasteiger partial charge in [-0.25, -0.2) is 4.98 Å². The van der Waals surface area contributed by atoms with Gasteiger partial charge in [0.2, 0.25) is 0 Å². The van der Waals surface area contributed by atoms with Crippen molar-refractivity contribution < 1.29 is 9.90 Å². The Balaban J connectivity index is 1.77. The largest absolute Gasteiger partial charge is 0.391 e. The number of aliphatic hydroxyl groups is 1. The second-order valence-electron chi connectivity index (χ2n) is 5.23. The van der Waals surface area contributed by atoms with Crippen LogP contribution in [0.4, 0.5) is 0 Å². The molecule has 1 aliphatic rings. The summed E-state index contributed by atoms with van der Waals surface area (Å²) >= 11 is 0. The van der Waals surface area contributed by atoms with E-state index < -0.39 is 6.10 Å². The smallest absolute Gasteiger partial charge is 0.263 e. The number of ketones is 1. The fraction of sp³-hybridized carbons (Fsp3) is 0.429. The minimum atomic E-state index is -0.496. The number of carbonyl (C=O) groups excluding carboxylic acids is 1. The molecule has 0 aromatic carbocycles. The number of pyridine rings is 1. The van der Waals surface area contributed by atoms with Crippen LogP contribution in [-0.2, 0) is 11.3 Å². The fourth-order valence-corrected chi connectivity index (χ4v) is 2.58. The molecular weight excluding hydrogens is 272 g/mol. The molecule has 1 saturated heterocycles. The molecule has 0 aliphatic carbocycles. The molecule has 1 unspecified atom stereocenters. The summed E-state index contributed by atoms with van der Waals surface area (Å²) < 4.78 is 1.29. The molecule has 0 saturated carbocycles. The Kier molecular flexibility index (Phi) is 3.76. The molecule has 7 nitrogen and oxygen atoms in total. The Morgan fingerprint density at radius 2 is 2.38 bits per heavy atom. The van der Waals surface area contributed by atoms with Crippen molar-refractivity contribution in [3.8, 4) is 0 Å². The first-order chi connectivity index (χ1) is 10.1. The Morgan fingerprint density at radius 1 is 1.52 bits per heavy atom. The van der Waals surface area contributed by atoms with Gasteiger partial charge in [0.15, 0.2) is 5.78 Å². The lowest BCUT2D eigenvalue weighted by atomic mass is 10.1. The molecule has 2 aromatic heterocycles. The minimum absolute atomic E-state index is 0.0401. The molecule has 1 fully saturated rings. The van der Waals surface area contributed by atoms with E-state index in [-0.39, 0.29) is 30.3 Å². The van der Waals surface area contributed by atoms with Crippen LogP contribution in [0.3, 0.4) is 0 Å². The Hall–Kier alpha value is -2.12. The number of hydrogen-bond donors (Lipinski definition) is 2. The summed E-state index contributed by atoms with van der Waals surface area (Å²) in [6.07, 6.45) is 4.76. The van der Waals surface area contributed by atoms with Crippen LogP contribution in [0.2, 0.25) is 0 Å². The highest BCUT2D eigenvalue weighted by molar-refractivity contribution is 5.80. The van der Waals surface area contributed by atoms with Crippen LogP contribution < -0.4 is 10.9 Å². The lowest BCUT2D eigenvalue weighted by molar-refractivity contribution is -0.120. The molecule has 2 N–H and O–H groups in total. The first-order valence-corrected chi connectivity index (χ1v) is 6.87. The molecule has 21 heavy (non-hydrogen) atoms. The molecule has 0 radical (unpaired) electrons. The molecule has 3 heterocycles. The third kappa shape index (κ3) is 2.84. The van der Waals surface area contributed by atoms with Crippen molar-refractivity contribution in [1.82, 2.24) is 19.9 Å². The topological polar surface area (TPSA) is 97.1 Å². The summed E-state index contributed by atoms with van der Waals surface area (Å²) in [7, 11) is 0. The van der Waals surface area contributed by atoms with E-state index in [1.165, 1.54) is 17.1 Å². The SMILES string of the molecule is O=C(C[C@H]1NCCC1O)Cn1cnc2ccncc2c1=O. The Labute approximate surface area is 120 Å². The lowest BCUT2D eigenvalue weighted by Gasteiger charge is -2.14. The summed E-state index contributed by atoms with van der Waals surface area (Å²) in [5, 5.41) is 13.2. The molecule has 2 atom stereocenters. The number of nitrogens with one attached hydrogen (secondary N) is 1. The summed E-state index contributed by atoms with van der Waals surface area (Å²) in [6.45, 7) is 0.670. The van der Waals surface area contributed by atoms with E-state index in [1.54, 1.807) is 12.3 Å². The molecule has 0 bridgehead atoms. The van der Waals surface area contributed by atoms with Gasteiger partial charge in [-0.1, -0.05) is 0 Å². The van der Waals surface area contributed by atoms with Gasteiger partial charge < -0.3 is 10.4 Å². The van der Waals surface area contributed by atoms with E-state index in [0.717, 1.165) is 0 Å². The average Bonchev–Trinajstić information content (AvgIpc) is 2.87. The molecule has 3 rings (SSSR count). The number of hydrogen-bond acceptors (Lipinski definition) is 6. The highest BCUT2D eigenvalue weighted by Gasteiger charge is 2.26. The molecule has 0 amide bonds. The van der Waals surface area contributed by atoms with E-state index >= 15 is 0 Å². The standard InChI is InChI=1S/C14H16N4O3/c19-9(5-12-13(20)2-4-16-12)7-18-8-17-11-1-3-15-6-10(11)14(18)21/h1,3,6,8,12-13,16,20H,2,4-5,7H2/t12-,13?/m1/s1. The third-order valence-corrected chi connectivity index (χ3v) is 3.73. The Morgan fingerprint density at radius 3 is 3.14 bits per heavy atom. The zero-order valence-corrected chi connectivity index (χ0v) is 11.4. The van der Waals surface area contributed by atoms with E-state index in [4.69, 9.17) is 0 Å². The Bertz CT molecular complexity index is 727. The quantitative estimate of drug-likeness (QED) is 0.785. The minimum Gasteiger partial charge on any atom is -0.391 e. The number of rotatable bonds is 4. The van der Waals surface area contributed by atoms with Crippen LogP contribution in [0, 0.1) is 0 Å². The van der Waals surface area contributed by atoms with Crippen molar-refractivity contribution in [3.05, 3.63) is 35.1 Å². The summed E-state index contributed by atoms with van der Waals surface area (Å²) in [6, 6.07) is 1.44. The maximum atomic E-state index is 12.2. The first kappa shape index (κ1) is 13.8. The highest BCUT2D eigenvalue weighted by Crippen LogP contribution is 2.11. The van der Waals surface area contributed by atoms with Crippen molar-refractivity contribution in [2.24, 2.45) is 0 Å². The van der Waals surface area contributed by atoms with Gasteiger partial charge in [-0.15, -0.1) is 0 Å². The second kappa shape index (κ2) is 5.71. The van der Waals surface area contributed by atoms with Gasteiger partial charge in [-0.3, -0.25) is 19.1 Å². The number of aromatic nitrogens is 3. The molecular formula is C14H16N4O3. The van der Waals surface area contributed by atoms with Crippen LogP contribution >= 0.6 is 0 Å². The van der Waals surface area contributed by atoms with Gasteiger partial charge >= 0.3 is 0 Å². The molecule has 0 spiro atoms. The predicted octanol–water partition coefficient (Wildman–Crippen LogP) is -0.527. The number of carbonyl (C=O) groups is 1. The van der Waals surface area contributed by atoms with Crippen LogP contribution in [0.5, 0.6) is 0 Å². The highest BCUT2D eigenvalue weighted by atomic mass is 16.3. The van der Waals surface area contributed by atoms with Crippen molar-refractivity contribution in [2.75, 3.05) is 6.54 Å². The summed E-state index contributed by atoms with van der Waals surface area (Å²) in [5.74, 6) is -0.111. The van der Waals surface area contributed by atoms with Gasteiger partial charge in [-0.05, 0) is 19.0 Å². The van der Waals surface area contributed by atoms with E-state index in [0.29, 0.717) is 23.9 Å².